The summed E-state index contributed by atoms with van der Waals surface area (Å²) in [6, 6.07) is 6.82. The average Bonchev–Trinajstić information content (AvgIpc) is 2.92. The second kappa shape index (κ2) is 5.45. The van der Waals surface area contributed by atoms with Gasteiger partial charge in [-0.25, -0.2) is 14.3 Å². The normalized spacial score (nSPS) is 10.6. The van der Waals surface area contributed by atoms with E-state index in [1.54, 1.807) is 24.3 Å². The Balaban J connectivity index is 1.95. The van der Waals surface area contributed by atoms with Crippen molar-refractivity contribution in [2.75, 3.05) is 5.32 Å². The lowest BCUT2D eigenvalue weighted by Gasteiger charge is -2.05. The number of fused-ring (bicyclic) bond motifs is 1. The molecule has 0 spiro atoms. The van der Waals surface area contributed by atoms with Crippen molar-refractivity contribution in [3.63, 3.8) is 0 Å². The van der Waals surface area contributed by atoms with Gasteiger partial charge in [0, 0.05) is 12.4 Å². The number of aromatic carboxylic acids is 1. The lowest BCUT2D eigenvalue weighted by Crippen LogP contribution is -2.12. The number of rotatable bonds is 3. The third-order valence-electron chi connectivity index (χ3n) is 2.97. The second-order valence-corrected chi connectivity index (χ2v) is 4.82. The van der Waals surface area contributed by atoms with Gasteiger partial charge in [-0.1, -0.05) is 23.7 Å². The van der Waals surface area contributed by atoms with E-state index in [4.69, 9.17) is 16.7 Å². The van der Waals surface area contributed by atoms with Crippen LogP contribution in [-0.2, 0) is 0 Å². The summed E-state index contributed by atoms with van der Waals surface area (Å²) >= 11 is 5.99. The first-order valence-electron chi connectivity index (χ1n) is 6.19. The van der Waals surface area contributed by atoms with Crippen LogP contribution in [0.2, 0.25) is 5.02 Å². The van der Waals surface area contributed by atoms with E-state index in [1.165, 1.54) is 23.1 Å². The predicted molar refractivity (Wildman–Crippen MR) is 79.4 cm³/mol. The highest BCUT2D eigenvalue weighted by atomic mass is 35.5. The molecule has 0 bridgehead atoms. The molecule has 0 saturated carbocycles. The molecule has 0 atom stereocenters. The molecule has 22 heavy (non-hydrogen) atoms. The van der Waals surface area contributed by atoms with Gasteiger partial charge in [0.2, 0.25) is 0 Å². The zero-order valence-electron chi connectivity index (χ0n) is 11.0. The van der Waals surface area contributed by atoms with Gasteiger partial charge in [-0.15, -0.1) is 0 Å². The third-order valence-corrected chi connectivity index (χ3v) is 3.30. The molecule has 7 nitrogen and oxygen atoms in total. The van der Waals surface area contributed by atoms with Crippen LogP contribution >= 0.6 is 11.6 Å². The van der Waals surface area contributed by atoms with Gasteiger partial charge in [-0.2, -0.15) is 5.10 Å². The van der Waals surface area contributed by atoms with Crippen molar-refractivity contribution in [1.29, 1.82) is 0 Å². The molecule has 2 heterocycles. The van der Waals surface area contributed by atoms with Gasteiger partial charge >= 0.3 is 5.97 Å². The molecule has 0 unspecified atom stereocenters. The van der Waals surface area contributed by atoms with Gasteiger partial charge in [-0.3, -0.25) is 4.79 Å². The number of benzene rings is 1. The standard InChI is InChI=1S/C14H9ClN4O3/c15-10-3-1-2-4-11(10)18-13(20)9-6-17-19-7-8(14(21)22)5-16-12(9)19/h1-7H,(H,18,20)(H,21,22). The maximum atomic E-state index is 12.3. The fraction of sp³-hybridized carbons (Fsp3) is 0. The summed E-state index contributed by atoms with van der Waals surface area (Å²) in [6.07, 6.45) is 3.78. The molecular weight excluding hydrogens is 308 g/mol. The van der Waals surface area contributed by atoms with Gasteiger partial charge in [0.15, 0.2) is 5.65 Å². The highest BCUT2D eigenvalue weighted by Gasteiger charge is 2.16. The van der Waals surface area contributed by atoms with Gasteiger partial charge in [0.05, 0.1) is 22.5 Å². The maximum Gasteiger partial charge on any atom is 0.338 e. The monoisotopic (exact) mass is 316 g/mol. The number of anilines is 1. The zero-order chi connectivity index (χ0) is 15.7. The molecule has 2 aromatic heterocycles. The molecule has 0 saturated heterocycles. The molecular formula is C14H9ClN4O3. The van der Waals surface area contributed by atoms with E-state index in [2.05, 4.69) is 15.4 Å². The van der Waals surface area contributed by atoms with E-state index in [9.17, 15) is 9.59 Å². The molecule has 110 valence electrons. The largest absolute Gasteiger partial charge is 0.478 e. The number of hydrogen-bond donors (Lipinski definition) is 2. The van der Waals surface area contributed by atoms with Crippen LogP contribution < -0.4 is 5.32 Å². The Hall–Kier alpha value is -2.93. The zero-order valence-corrected chi connectivity index (χ0v) is 11.8. The van der Waals surface area contributed by atoms with Crippen molar-refractivity contribution in [2.24, 2.45) is 0 Å². The third kappa shape index (κ3) is 2.49. The molecule has 2 N–H and O–H groups in total. The molecule has 0 aliphatic heterocycles. The predicted octanol–water partition coefficient (Wildman–Crippen LogP) is 2.33. The van der Waals surface area contributed by atoms with Gasteiger partial charge in [0.1, 0.15) is 5.56 Å². The van der Waals surface area contributed by atoms with E-state index in [-0.39, 0.29) is 16.8 Å². The van der Waals surface area contributed by atoms with Crippen molar-refractivity contribution in [3.05, 3.63) is 59.0 Å². The molecule has 3 aromatic rings. The lowest BCUT2D eigenvalue weighted by atomic mass is 10.2. The number of nitrogens with one attached hydrogen (secondary N) is 1. The Morgan fingerprint density at radius 1 is 1.23 bits per heavy atom. The van der Waals surface area contributed by atoms with Gasteiger partial charge in [0.25, 0.3) is 5.91 Å². The Labute approximate surface area is 129 Å². The fourth-order valence-corrected chi connectivity index (χ4v) is 2.08. The van der Waals surface area contributed by atoms with Crippen molar-refractivity contribution in [3.8, 4) is 0 Å². The number of carbonyl (C=O) groups is 2. The number of para-hydroxylation sites is 1. The maximum absolute atomic E-state index is 12.3. The fourth-order valence-electron chi connectivity index (χ4n) is 1.90. The Morgan fingerprint density at radius 3 is 2.73 bits per heavy atom. The molecule has 1 aromatic carbocycles. The minimum atomic E-state index is -1.12. The van der Waals surface area contributed by atoms with Gasteiger partial charge < -0.3 is 10.4 Å². The summed E-state index contributed by atoms with van der Waals surface area (Å²) in [5.41, 5.74) is 0.927. The summed E-state index contributed by atoms with van der Waals surface area (Å²) < 4.78 is 1.24. The highest BCUT2D eigenvalue weighted by molar-refractivity contribution is 6.34. The molecule has 3 rings (SSSR count). The summed E-state index contributed by atoms with van der Waals surface area (Å²) in [7, 11) is 0. The Kier molecular flexibility index (Phi) is 3.48. The molecule has 0 aliphatic rings. The highest BCUT2D eigenvalue weighted by Crippen LogP contribution is 2.21. The number of carboxylic acid groups (broad SMARTS) is 1. The van der Waals surface area contributed by atoms with E-state index < -0.39 is 11.9 Å². The molecule has 1 amide bonds. The quantitative estimate of drug-likeness (QED) is 0.773. The van der Waals surface area contributed by atoms with Crippen LogP contribution in [0.15, 0.2) is 42.9 Å². The van der Waals surface area contributed by atoms with E-state index in [0.717, 1.165) is 0 Å². The summed E-state index contributed by atoms with van der Waals surface area (Å²) in [5, 5.41) is 15.9. The van der Waals surface area contributed by atoms with Crippen LogP contribution in [0.4, 0.5) is 5.69 Å². The number of carboxylic acids is 1. The van der Waals surface area contributed by atoms with Crippen molar-refractivity contribution >= 4 is 34.8 Å². The molecule has 8 heteroatoms. The molecule has 0 fully saturated rings. The van der Waals surface area contributed by atoms with Crippen molar-refractivity contribution < 1.29 is 14.7 Å². The van der Waals surface area contributed by atoms with Crippen LogP contribution in [0, 0.1) is 0 Å². The first-order chi connectivity index (χ1) is 10.6. The van der Waals surface area contributed by atoms with Gasteiger partial charge in [-0.05, 0) is 12.1 Å². The van der Waals surface area contributed by atoms with Crippen LogP contribution in [-0.4, -0.2) is 31.6 Å². The second-order valence-electron chi connectivity index (χ2n) is 4.41. The van der Waals surface area contributed by atoms with E-state index in [0.29, 0.717) is 10.7 Å². The van der Waals surface area contributed by atoms with Crippen LogP contribution in [0.1, 0.15) is 20.7 Å². The Bertz CT molecular complexity index is 891. The molecule has 0 aliphatic carbocycles. The number of nitrogens with zero attached hydrogens (tertiary/aromatic N) is 3. The van der Waals surface area contributed by atoms with E-state index in [1.807, 2.05) is 0 Å². The first-order valence-corrected chi connectivity index (χ1v) is 6.56. The van der Waals surface area contributed by atoms with Crippen LogP contribution in [0.5, 0.6) is 0 Å². The van der Waals surface area contributed by atoms with Crippen molar-refractivity contribution in [2.45, 2.75) is 0 Å². The number of aromatic nitrogens is 3. The summed E-state index contributed by atoms with van der Waals surface area (Å²) in [4.78, 5) is 27.1. The average molecular weight is 317 g/mol. The summed E-state index contributed by atoms with van der Waals surface area (Å²) in [6.45, 7) is 0. The topological polar surface area (TPSA) is 96.6 Å². The summed E-state index contributed by atoms with van der Waals surface area (Å²) in [5.74, 6) is -1.55. The molecule has 0 radical (unpaired) electrons. The number of hydrogen-bond acceptors (Lipinski definition) is 4. The minimum Gasteiger partial charge on any atom is -0.478 e. The first kappa shape index (κ1) is 14.0. The van der Waals surface area contributed by atoms with Crippen LogP contribution in [0.25, 0.3) is 5.65 Å². The van der Waals surface area contributed by atoms with E-state index >= 15 is 0 Å². The lowest BCUT2D eigenvalue weighted by molar-refractivity contribution is 0.0695. The smallest absolute Gasteiger partial charge is 0.338 e. The van der Waals surface area contributed by atoms with Crippen LogP contribution in [0.3, 0.4) is 0 Å². The Morgan fingerprint density at radius 2 is 2.00 bits per heavy atom. The number of halogens is 1. The van der Waals surface area contributed by atoms with Crippen molar-refractivity contribution in [1.82, 2.24) is 14.6 Å². The number of amides is 1. The number of carbonyl (C=O) groups excluding carboxylic acids is 1. The minimum absolute atomic E-state index is 0.0198. The SMILES string of the molecule is O=C(O)c1cnc2c(C(=O)Nc3ccccc3Cl)cnn2c1.